The SMILES string of the molecule is Cc1nc(C(=O)OC(C)C)c(C)c(N)c1F. The summed E-state index contributed by atoms with van der Waals surface area (Å²) in [5, 5.41) is 0. The van der Waals surface area contributed by atoms with E-state index in [0.29, 0.717) is 5.56 Å². The molecule has 0 aromatic carbocycles. The van der Waals surface area contributed by atoms with Crippen molar-refractivity contribution in [3.05, 3.63) is 22.8 Å². The van der Waals surface area contributed by atoms with Crippen molar-refractivity contribution in [2.24, 2.45) is 0 Å². The number of anilines is 1. The first-order valence-corrected chi connectivity index (χ1v) is 4.97. The van der Waals surface area contributed by atoms with E-state index in [9.17, 15) is 9.18 Å². The van der Waals surface area contributed by atoms with E-state index in [-0.39, 0.29) is 23.2 Å². The Morgan fingerprint density at radius 1 is 1.44 bits per heavy atom. The minimum absolute atomic E-state index is 0.0526. The number of esters is 1. The van der Waals surface area contributed by atoms with Gasteiger partial charge in [0.2, 0.25) is 0 Å². The fourth-order valence-corrected chi connectivity index (χ4v) is 1.26. The monoisotopic (exact) mass is 226 g/mol. The predicted octanol–water partition coefficient (Wildman–Crippen LogP) is 1.98. The Bertz CT molecular complexity index is 430. The van der Waals surface area contributed by atoms with E-state index in [1.54, 1.807) is 20.8 Å². The summed E-state index contributed by atoms with van der Waals surface area (Å²) < 4.78 is 18.3. The maximum absolute atomic E-state index is 13.4. The van der Waals surface area contributed by atoms with Crippen molar-refractivity contribution in [3.63, 3.8) is 0 Å². The highest BCUT2D eigenvalue weighted by Crippen LogP contribution is 2.21. The van der Waals surface area contributed by atoms with Crippen molar-refractivity contribution < 1.29 is 13.9 Å². The van der Waals surface area contributed by atoms with Gasteiger partial charge in [-0.25, -0.2) is 14.2 Å². The number of aryl methyl sites for hydroxylation is 1. The number of hydrogen-bond acceptors (Lipinski definition) is 4. The average molecular weight is 226 g/mol. The minimum Gasteiger partial charge on any atom is -0.458 e. The quantitative estimate of drug-likeness (QED) is 0.783. The number of hydrogen-bond donors (Lipinski definition) is 1. The average Bonchev–Trinajstić information content (AvgIpc) is 2.19. The van der Waals surface area contributed by atoms with Crippen molar-refractivity contribution in [2.45, 2.75) is 33.8 Å². The molecule has 1 heterocycles. The molecule has 0 aliphatic rings. The second-order valence-corrected chi connectivity index (χ2v) is 3.85. The Morgan fingerprint density at radius 3 is 2.50 bits per heavy atom. The van der Waals surface area contributed by atoms with Crippen LogP contribution in [0.2, 0.25) is 0 Å². The predicted molar refractivity (Wildman–Crippen MR) is 58.6 cm³/mol. The summed E-state index contributed by atoms with van der Waals surface area (Å²) in [5.41, 5.74) is 5.96. The van der Waals surface area contributed by atoms with Crippen molar-refractivity contribution in [2.75, 3.05) is 5.73 Å². The number of nitrogen functional groups attached to an aromatic ring is 1. The molecular formula is C11H15FN2O2. The summed E-state index contributed by atoms with van der Waals surface area (Å²) in [7, 11) is 0. The molecule has 1 aromatic rings. The molecule has 0 aliphatic carbocycles. The number of carbonyl (C=O) groups excluding carboxylic acids is 1. The summed E-state index contributed by atoms with van der Waals surface area (Å²) >= 11 is 0. The Labute approximate surface area is 93.6 Å². The van der Waals surface area contributed by atoms with E-state index < -0.39 is 11.8 Å². The number of ether oxygens (including phenoxy) is 1. The molecule has 0 bridgehead atoms. The fraction of sp³-hybridized carbons (Fsp3) is 0.455. The molecular weight excluding hydrogens is 211 g/mol. The molecule has 0 saturated carbocycles. The summed E-state index contributed by atoms with van der Waals surface area (Å²) in [4.78, 5) is 15.5. The van der Waals surface area contributed by atoms with Gasteiger partial charge in [-0.05, 0) is 27.7 Å². The molecule has 16 heavy (non-hydrogen) atoms. The van der Waals surface area contributed by atoms with Gasteiger partial charge in [0, 0.05) is 5.56 Å². The van der Waals surface area contributed by atoms with Gasteiger partial charge in [0.05, 0.1) is 17.5 Å². The third kappa shape index (κ3) is 2.29. The summed E-state index contributed by atoms with van der Waals surface area (Å²) in [5.74, 6) is -1.17. The molecule has 0 amide bonds. The van der Waals surface area contributed by atoms with Crippen LogP contribution in [0.25, 0.3) is 0 Å². The zero-order valence-corrected chi connectivity index (χ0v) is 9.80. The van der Waals surface area contributed by atoms with E-state index in [4.69, 9.17) is 10.5 Å². The summed E-state index contributed by atoms with van der Waals surface area (Å²) in [6.07, 6.45) is -0.250. The lowest BCUT2D eigenvalue weighted by atomic mass is 10.1. The Hall–Kier alpha value is -1.65. The maximum atomic E-state index is 13.4. The molecule has 88 valence electrons. The van der Waals surface area contributed by atoms with E-state index >= 15 is 0 Å². The first kappa shape index (κ1) is 12.4. The van der Waals surface area contributed by atoms with Gasteiger partial charge >= 0.3 is 5.97 Å². The van der Waals surface area contributed by atoms with Crippen molar-refractivity contribution in [3.8, 4) is 0 Å². The molecule has 5 heteroatoms. The molecule has 0 aliphatic heterocycles. The third-order valence-corrected chi connectivity index (χ3v) is 2.13. The normalized spacial score (nSPS) is 10.6. The van der Waals surface area contributed by atoms with Gasteiger partial charge in [-0.15, -0.1) is 0 Å². The Morgan fingerprint density at radius 2 is 2.00 bits per heavy atom. The van der Waals surface area contributed by atoms with Gasteiger partial charge in [0.1, 0.15) is 0 Å². The second-order valence-electron chi connectivity index (χ2n) is 3.85. The van der Waals surface area contributed by atoms with Crippen LogP contribution in [0.5, 0.6) is 0 Å². The van der Waals surface area contributed by atoms with E-state index in [1.807, 2.05) is 0 Å². The molecule has 0 spiro atoms. The molecule has 0 unspecified atom stereocenters. The molecule has 0 saturated heterocycles. The van der Waals surface area contributed by atoms with Crippen LogP contribution < -0.4 is 5.73 Å². The van der Waals surface area contributed by atoms with Crippen molar-refractivity contribution >= 4 is 11.7 Å². The zero-order chi connectivity index (χ0) is 12.5. The van der Waals surface area contributed by atoms with E-state index in [1.165, 1.54) is 6.92 Å². The molecule has 0 atom stereocenters. The number of pyridine rings is 1. The highest BCUT2D eigenvalue weighted by atomic mass is 19.1. The van der Waals surface area contributed by atoms with Crippen LogP contribution in [0.1, 0.15) is 35.6 Å². The number of aromatic nitrogens is 1. The van der Waals surface area contributed by atoms with E-state index in [2.05, 4.69) is 4.98 Å². The van der Waals surface area contributed by atoms with Crippen LogP contribution in [0.3, 0.4) is 0 Å². The first-order chi connectivity index (χ1) is 7.34. The van der Waals surface area contributed by atoms with Crippen LogP contribution in [-0.2, 0) is 4.74 Å². The van der Waals surface area contributed by atoms with Crippen LogP contribution in [0.15, 0.2) is 0 Å². The van der Waals surface area contributed by atoms with Gasteiger partial charge in [-0.2, -0.15) is 0 Å². The largest absolute Gasteiger partial charge is 0.458 e. The topological polar surface area (TPSA) is 65.2 Å². The first-order valence-electron chi connectivity index (χ1n) is 4.97. The standard InChI is InChI=1S/C11H15FN2O2/c1-5(2)16-11(15)10-6(3)9(13)8(12)7(4)14-10/h5H,1-4H3,(H2,13,14). The number of carbonyl (C=O) groups is 1. The highest BCUT2D eigenvalue weighted by molar-refractivity contribution is 5.90. The lowest BCUT2D eigenvalue weighted by molar-refractivity contribution is 0.0369. The van der Waals surface area contributed by atoms with Crippen LogP contribution >= 0.6 is 0 Å². The number of halogens is 1. The van der Waals surface area contributed by atoms with Gasteiger partial charge in [-0.1, -0.05) is 0 Å². The number of nitrogens with zero attached hydrogens (tertiary/aromatic N) is 1. The molecule has 0 fully saturated rings. The van der Waals surface area contributed by atoms with Gasteiger partial charge in [0.15, 0.2) is 11.5 Å². The smallest absolute Gasteiger partial charge is 0.357 e. The lowest BCUT2D eigenvalue weighted by Gasteiger charge is -2.12. The van der Waals surface area contributed by atoms with Crippen molar-refractivity contribution in [1.82, 2.24) is 4.98 Å². The molecule has 0 radical (unpaired) electrons. The zero-order valence-electron chi connectivity index (χ0n) is 9.80. The third-order valence-electron chi connectivity index (χ3n) is 2.13. The molecule has 2 N–H and O–H groups in total. The van der Waals surface area contributed by atoms with Crippen molar-refractivity contribution in [1.29, 1.82) is 0 Å². The second kappa shape index (κ2) is 4.47. The van der Waals surface area contributed by atoms with Gasteiger partial charge in [0.25, 0.3) is 0 Å². The van der Waals surface area contributed by atoms with Crippen LogP contribution in [0, 0.1) is 19.7 Å². The maximum Gasteiger partial charge on any atom is 0.357 e. The molecule has 1 aromatic heterocycles. The van der Waals surface area contributed by atoms with Gasteiger partial charge in [-0.3, -0.25) is 0 Å². The van der Waals surface area contributed by atoms with E-state index in [0.717, 1.165) is 0 Å². The Balaban J connectivity index is 3.20. The van der Waals surface area contributed by atoms with Crippen LogP contribution in [0.4, 0.5) is 10.1 Å². The van der Waals surface area contributed by atoms with Gasteiger partial charge < -0.3 is 10.5 Å². The Kier molecular flexibility index (Phi) is 3.47. The molecule has 4 nitrogen and oxygen atoms in total. The fourth-order valence-electron chi connectivity index (χ4n) is 1.26. The minimum atomic E-state index is -0.585. The van der Waals surface area contributed by atoms with Crippen LogP contribution in [-0.4, -0.2) is 17.1 Å². The lowest BCUT2D eigenvalue weighted by Crippen LogP contribution is -2.17. The molecule has 1 rings (SSSR count). The summed E-state index contributed by atoms with van der Waals surface area (Å²) in [6.45, 7) is 6.46. The highest BCUT2D eigenvalue weighted by Gasteiger charge is 2.19. The number of nitrogens with two attached hydrogens (primary N) is 1. The summed E-state index contributed by atoms with van der Waals surface area (Å²) in [6, 6.07) is 0. The number of rotatable bonds is 2.